The Balaban J connectivity index is 1.38. The monoisotopic (exact) mass is 440 g/mol. The Kier molecular flexibility index (Phi) is 10.6. The van der Waals surface area contributed by atoms with E-state index in [1.807, 2.05) is 12.1 Å². The van der Waals surface area contributed by atoms with Crippen molar-refractivity contribution in [3.05, 3.63) is 35.4 Å². The number of hydrogen-bond donors (Lipinski definition) is 0. The van der Waals surface area contributed by atoms with E-state index in [9.17, 15) is 4.79 Å². The van der Waals surface area contributed by atoms with Crippen LogP contribution < -0.4 is 0 Å². The van der Waals surface area contributed by atoms with Crippen LogP contribution in [0.1, 0.15) is 139 Å². The lowest BCUT2D eigenvalue weighted by Gasteiger charge is -2.30. The molecule has 2 fully saturated rings. The summed E-state index contributed by atoms with van der Waals surface area (Å²) in [6, 6.07) is 8.37. The number of carbonyl (C=O) groups excluding carboxylic acids is 1. The maximum Gasteiger partial charge on any atom is 0.338 e. The highest BCUT2D eigenvalue weighted by atomic mass is 16.5. The van der Waals surface area contributed by atoms with Crippen LogP contribution in [0, 0.1) is 17.8 Å². The fraction of sp³-hybridized carbons (Fsp3) is 0.767. The van der Waals surface area contributed by atoms with Crippen molar-refractivity contribution in [2.75, 3.05) is 0 Å². The molecule has 0 amide bonds. The van der Waals surface area contributed by atoms with Gasteiger partial charge >= 0.3 is 5.97 Å². The minimum Gasteiger partial charge on any atom is -0.459 e. The smallest absolute Gasteiger partial charge is 0.338 e. The average Bonchev–Trinajstić information content (AvgIpc) is 2.83. The van der Waals surface area contributed by atoms with E-state index >= 15 is 0 Å². The third-order valence-electron chi connectivity index (χ3n) is 8.43. The first-order chi connectivity index (χ1) is 15.6. The molecule has 0 aliphatic heterocycles. The molecule has 0 saturated heterocycles. The minimum absolute atomic E-state index is 0.120. The molecule has 2 aliphatic rings. The first kappa shape index (κ1) is 25.3. The average molecular weight is 441 g/mol. The van der Waals surface area contributed by atoms with Crippen molar-refractivity contribution in [1.82, 2.24) is 0 Å². The summed E-state index contributed by atoms with van der Waals surface area (Å²) < 4.78 is 5.88. The van der Waals surface area contributed by atoms with Crippen LogP contribution in [-0.2, 0) is 4.74 Å². The molecule has 2 saturated carbocycles. The van der Waals surface area contributed by atoms with E-state index in [4.69, 9.17) is 4.74 Å². The molecule has 1 aromatic rings. The molecule has 0 bridgehead atoms. The van der Waals surface area contributed by atoms with Crippen LogP contribution in [0.25, 0.3) is 0 Å². The van der Waals surface area contributed by atoms with Gasteiger partial charge in [0.25, 0.3) is 0 Å². The first-order valence-corrected chi connectivity index (χ1v) is 13.9. The predicted molar refractivity (Wildman–Crippen MR) is 135 cm³/mol. The number of benzene rings is 1. The molecule has 0 N–H and O–H groups in total. The lowest BCUT2D eigenvalue weighted by atomic mass is 9.75. The second-order valence-electron chi connectivity index (χ2n) is 11.0. The lowest BCUT2D eigenvalue weighted by Crippen LogP contribution is -2.24. The maximum absolute atomic E-state index is 12.7. The topological polar surface area (TPSA) is 26.3 Å². The van der Waals surface area contributed by atoms with Gasteiger partial charge in [-0.15, -0.1) is 0 Å². The van der Waals surface area contributed by atoms with Gasteiger partial charge in [-0.1, -0.05) is 71.4 Å². The third-order valence-corrected chi connectivity index (χ3v) is 8.43. The fourth-order valence-corrected chi connectivity index (χ4v) is 5.98. The van der Waals surface area contributed by atoms with Crippen LogP contribution in [0.15, 0.2) is 24.3 Å². The maximum atomic E-state index is 12.7. The van der Waals surface area contributed by atoms with Gasteiger partial charge in [-0.05, 0) is 99.2 Å². The zero-order valence-electron chi connectivity index (χ0n) is 21.1. The van der Waals surface area contributed by atoms with E-state index < -0.39 is 0 Å². The van der Waals surface area contributed by atoms with E-state index in [0.29, 0.717) is 5.92 Å². The van der Waals surface area contributed by atoms with Crippen molar-refractivity contribution in [1.29, 1.82) is 0 Å². The van der Waals surface area contributed by atoms with Crippen LogP contribution >= 0.6 is 0 Å². The quantitative estimate of drug-likeness (QED) is 0.253. The summed E-state index contributed by atoms with van der Waals surface area (Å²) in [4.78, 5) is 12.7. The van der Waals surface area contributed by atoms with Gasteiger partial charge in [0.2, 0.25) is 0 Å². The number of rotatable bonds is 11. The van der Waals surface area contributed by atoms with Gasteiger partial charge in [0, 0.05) is 0 Å². The Bertz CT molecular complexity index is 648. The molecule has 0 aromatic heterocycles. The summed E-state index contributed by atoms with van der Waals surface area (Å²) in [6.07, 6.45) is 19.5. The van der Waals surface area contributed by atoms with Gasteiger partial charge in [-0.2, -0.15) is 0 Å². The molecule has 0 heterocycles. The minimum atomic E-state index is -0.125. The highest BCUT2D eigenvalue weighted by Crippen LogP contribution is 2.38. The van der Waals surface area contributed by atoms with Gasteiger partial charge in [-0.25, -0.2) is 4.79 Å². The van der Waals surface area contributed by atoms with Gasteiger partial charge in [-0.3, -0.25) is 0 Å². The van der Waals surface area contributed by atoms with E-state index in [0.717, 1.165) is 36.2 Å². The summed E-state index contributed by atoms with van der Waals surface area (Å²) in [6.45, 7) is 6.97. The highest BCUT2D eigenvalue weighted by Gasteiger charge is 2.25. The molecule has 1 unspecified atom stereocenters. The molecule has 3 rings (SSSR count). The summed E-state index contributed by atoms with van der Waals surface area (Å²) in [5, 5.41) is 0. The van der Waals surface area contributed by atoms with Crippen molar-refractivity contribution < 1.29 is 9.53 Å². The molecular weight excluding hydrogens is 392 g/mol. The molecule has 1 aromatic carbocycles. The Morgan fingerprint density at radius 1 is 0.875 bits per heavy atom. The zero-order chi connectivity index (χ0) is 22.8. The number of unbranched alkanes of at least 4 members (excludes halogenated alkanes) is 3. The number of carbonyl (C=O) groups is 1. The second kappa shape index (κ2) is 13.4. The molecule has 0 radical (unpaired) electrons. The van der Waals surface area contributed by atoms with E-state index in [2.05, 4.69) is 32.9 Å². The van der Waals surface area contributed by atoms with Gasteiger partial charge in [0.15, 0.2) is 0 Å². The molecular formula is C30H48O2. The highest BCUT2D eigenvalue weighted by molar-refractivity contribution is 5.89. The van der Waals surface area contributed by atoms with Crippen LogP contribution in [0.5, 0.6) is 0 Å². The predicted octanol–water partition coefficient (Wildman–Crippen LogP) is 9.08. The van der Waals surface area contributed by atoms with E-state index in [1.165, 1.54) is 89.0 Å². The Hall–Kier alpha value is -1.31. The molecule has 2 nitrogen and oxygen atoms in total. The SMILES string of the molecule is CCCCCCC1CCC(OC(=O)c2ccc(C3CCC(CC(C)CC)CC3)cc2)CC1. The molecule has 180 valence electrons. The van der Waals surface area contributed by atoms with Crippen molar-refractivity contribution in [2.24, 2.45) is 17.8 Å². The second-order valence-corrected chi connectivity index (χ2v) is 11.0. The van der Waals surface area contributed by atoms with Crippen LogP contribution in [0.4, 0.5) is 0 Å². The largest absolute Gasteiger partial charge is 0.459 e. The molecule has 1 atom stereocenters. The summed E-state index contributed by atoms with van der Waals surface area (Å²) >= 11 is 0. The van der Waals surface area contributed by atoms with Crippen molar-refractivity contribution in [2.45, 2.75) is 129 Å². The first-order valence-electron chi connectivity index (χ1n) is 13.9. The van der Waals surface area contributed by atoms with Gasteiger partial charge < -0.3 is 4.74 Å². The molecule has 0 spiro atoms. The van der Waals surface area contributed by atoms with Crippen molar-refractivity contribution >= 4 is 5.97 Å². The zero-order valence-corrected chi connectivity index (χ0v) is 21.1. The number of hydrogen-bond acceptors (Lipinski definition) is 2. The Labute approximate surface area is 197 Å². The summed E-state index contributed by atoms with van der Waals surface area (Å²) in [5.74, 6) is 3.17. The molecule has 2 heteroatoms. The normalized spacial score (nSPS) is 27.1. The van der Waals surface area contributed by atoms with E-state index in [-0.39, 0.29) is 12.1 Å². The summed E-state index contributed by atoms with van der Waals surface area (Å²) in [5.41, 5.74) is 2.13. The van der Waals surface area contributed by atoms with Gasteiger partial charge in [0.05, 0.1) is 5.56 Å². The van der Waals surface area contributed by atoms with E-state index in [1.54, 1.807) is 0 Å². The number of ether oxygens (including phenoxy) is 1. The fourth-order valence-electron chi connectivity index (χ4n) is 5.98. The summed E-state index contributed by atoms with van der Waals surface area (Å²) in [7, 11) is 0. The standard InChI is InChI=1S/C30H48O2/c1-4-6-7-8-9-24-12-20-29(21-13-24)32-30(31)28-18-16-27(17-19-28)26-14-10-25(11-15-26)22-23(3)5-2/h16-19,23-26,29H,4-15,20-22H2,1-3H3. The van der Waals surface area contributed by atoms with Crippen molar-refractivity contribution in [3.8, 4) is 0 Å². The molecule has 2 aliphatic carbocycles. The Morgan fingerprint density at radius 3 is 2.16 bits per heavy atom. The number of esters is 1. The van der Waals surface area contributed by atoms with Gasteiger partial charge in [0.1, 0.15) is 6.10 Å². The lowest BCUT2D eigenvalue weighted by molar-refractivity contribution is 0.0161. The van der Waals surface area contributed by atoms with Crippen LogP contribution in [-0.4, -0.2) is 12.1 Å². The van der Waals surface area contributed by atoms with Crippen molar-refractivity contribution in [3.63, 3.8) is 0 Å². The third kappa shape index (κ3) is 7.92. The Morgan fingerprint density at radius 2 is 1.53 bits per heavy atom. The van der Waals surface area contributed by atoms with Crippen LogP contribution in [0.3, 0.4) is 0 Å². The molecule has 32 heavy (non-hydrogen) atoms. The van der Waals surface area contributed by atoms with Crippen LogP contribution in [0.2, 0.25) is 0 Å².